The molecule has 15 heavy (non-hydrogen) atoms. The smallest absolute Gasteiger partial charge is 0.272 e. The maximum atomic E-state index is 11.2. The van der Waals surface area contributed by atoms with Crippen molar-refractivity contribution >= 4 is 29.1 Å². The van der Waals surface area contributed by atoms with E-state index in [2.05, 4.69) is 9.97 Å². The number of aromatic nitrogens is 2. The number of rotatable bonds is 0. The van der Waals surface area contributed by atoms with Gasteiger partial charge < -0.3 is 10.7 Å². The van der Waals surface area contributed by atoms with Crippen molar-refractivity contribution in [1.29, 1.82) is 0 Å². The van der Waals surface area contributed by atoms with Crippen molar-refractivity contribution in [3.63, 3.8) is 0 Å². The van der Waals surface area contributed by atoms with Gasteiger partial charge in [0.25, 0.3) is 5.56 Å². The molecule has 5 heteroatoms. The number of hydrogen-bond acceptors (Lipinski definition) is 3. The number of nitrogens with two attached hydrogens (primary N) is 1. The highest BCUT2D eigenvalue weighted by atomic mass is 35.5. The zero-order chi connectivity index (χ0) is 10.3. The standard InChI is InChI=1S/C10H11N3O.ClH/c1-5-3-6(2)12-9-7(5)4-8(11)10(14)13-9;/h3-4H,11H2,1-2H3,(H,12,13,14);1H. The quantitative estimate of drug-likeness (QED) is 0.715. The van der Waals surface area contributed by atoms with Crippen LogP contribution in [0.1, 0.15) is 11.3 Å². The molecular formula is C10H12ClN3O. The van der Waals surface area contributed by atoms with E-state index in [1.165, 1.54) is 0 Å². The van der Waals surface area contributed by atoms with Crippen LogP contribution >= 0.6 is 12.4 Å². The Kier molecular flexibility index (Phi) is 3.00. The molecule has 2 aromatic rings. The Hall–Kier alpha value is -1.55. The second-order valence-corrected chi connectivity index (χ2v) is 3.40. The van der Waals surface area contributed by atoms with Crippen LogP contribution in [0.2, 0.25) is 0 Å². The Morgan fingerprint density at radius 2 is 2.00 bits per heavy atom. The fraction of sp³-hybridized carbons (Fsp3) is 0.200. The van der Waals surface area contributed by atoms with Gasteiger partial charge in [-0.15, -0.1) is 12.4 Å². The number of anilines is 1. The number of nitrogens with one attached hydrogen (secondary N) is 1. The van der Waals surface area contributed by atoms with E-state index in [4.69, 9.17) is 5.73 Å². The summed E-state index contributed by atoms with van der Waals surface area (Å²) in [6.07, 6.45) is 0. The van der Waals surface area contributed by atoms with Crippen LogP contribution in [0, 0.1) is 13.8 Å². The third-order valence-corrected chi connectivity index (χ3v) is 2.19. The number of nitrogen functional groups attached to an aromatic ring is 1. The van der Waals surface area contributed by atoms with Gasteiger partial charge in [-0.05, 0) is 31.5 Å². The van der Waals surface area contributed by atoms with Gasteiger partial charge in [-0.3, -0.25) is 4.79 Å². The van der Waals surface area contributed by atoms with Crippen molar-refractivity contribution in [3.8, 4) is 0 Å². The summed E-state index contributed by atoms with van der Waals surface area (Å²) in [5.74, 6) is 0. The molecule has 0 spiro atoms. The minimum atomic E-state index is -0.282. The van der Waals surface area contributed by atoms with E-state index in [-0.39, 0.29) is 23.7 Å². The average Bonchev–Trinajstić information content (AvgIpc) is 2.08. The van der Waals surface area contributed by atoms with E-state index >= 15 is 0 Å². The summed E-state index contributed by atoms with van der Waals surface area (Å²) < 4.78 is 0. The highest BCUT2D eigenvalue weighted by Crippen LogP contribution is 2.15. The SMILES string of the molecule is Cc1cc(C)c2cc(N)c(=O)[nH]c2n1.Cl. The van der Waals surface area contributed by atoms with Crippen molar-refractivity contribution in [3.05, 3.63) is 33.7 Å². The molecule has 0 saturated carbocycles. The molecule has 0 aliphatic heterocycles. The lowest BCUT2D eigenvalue weighted by Crippen LogP contribution is -2.12. The number of halogens is 1. The number of nitrogens with zero attached hydrogens (tertiary/aromatic N) is 1. The number of aromatic amines is 1. The Balaban J connectivity index is 0.00000112. The van der Waals surface area contributed by atoms with E-state index in [0.717, 1.165) is 16.6 Å². The van der Waals surface area contributed by atoms with Gasteiger partial charge in [-0.2, -0.15) is 0 Å². The summed E-state index contributed by atoms with van der Waals surface area (Å²) in [6.45, 7) is 3.86. The molecule has 0 atom stereocenters. The third-order valence-electron chi connectivity index (χ3n) is 2.19. The molecule has 0 bridgehead atoms. The Bertz CT molecular complexity index is 562. The van der Waals surface area contributed by atoms with Gasteiger partial charge in [0.05, 0.1) is 5.69 Å². The van der Waals surface area contributed by atoms with Crippen LogP contribution in [-0.2, 0) is 0 Å². The normalized spacial score (nSPS) is 10.0. The van der Waals surface area contributed by atoms with Gasteiger partial charge >= 0.3 is 0 Å². The summed E-state index contributed by atoms with van der Waals surface area (Å²) in [5.41, 5.74) is 8.02. The van der Waals surface area contributed by atoms with Crippen LogP contribution in [0.15, 0.2) is 16.9 Å². The second kappa shape index (κ2) is 3.90. The highest BCUT2D eigenvalue weighted by molar-refractivity contribution is 5.85. The van der Waals surface area contributed by atoms with E-state index in [0.29, 0.717) is 5.65 Å². The maximum absolute atomic E-state index is 11.2. The number of pyridine rings is 2. The molecule has 0 aliphatic carbocycles. The van der Waals surface area contributed by atoms with Crippen LogP contribution in [0.4, 0.5) is 5.69 Å². The van der Waals surface area contributed by atoms with Crippen molar-refractivity contribution < 1.29 is 0 Å². The zero-order valence-corrected chi connectivity index (χ0v) is 9.31. The summed E-state index contributed by atoms with van der Waals surface area (Å²) >= 11 is 0. The van der Waals surface area contributed by atoms with Gasteiger partial charge in [0.1, 0.15) is 5.65 Å². The first kappa shape index (κ1) is 11.5. The topological polar surface area (TPSA) is 71.8 Å². The number of fused-ring (bicyclic) bond motifs is 1. The van der Waals surface area contributed by atoms with Gasteiger partial charge in [-0.1, -0.05) is 0 Å². The molecule has 2 aromatic heterocycles. The van der Waals surface area contributed by atoms with Crippen molar-refractivity contribution in [2.45, 2.75) is 13.8 Å². The Labute approximate surface area is 92.9 Å². The molecule has 0 aromatic carbocycles. The minimum Gasteiger partial charge on any atom is -0.394 e. The highest BCUT2D eigenvalue weighted by Gasteiger charge is 2.03. The van der Waals surface area contributed by atoms with Crippen molar-refractivity contribution in [2.24, 2.45) is 0 Å². The fourth-order valence-electron chi connectivity index (χ4n) is 1.52. The molecule has 0 amide bonds. The van der Waals surface area contributed by atoms with Crippen molar-refractivity contribution in [2.75, 3.05) is 5.73 Å². The van der Waals surface area contributed by atoms with Crippen LogP contribution in [0.25, 0.3) is 11.0 Å². The Morgan fingerprint density at radius 1 is 1.33 bits per heavy atom. The molecule has 0 aliphatic rings. The third kappa shape index (κ3) is 1.94. The number of hydrogen-bond donors (Lipinski definition) is 2. The predicted octanol–water partition coefficient (Wildman–Crippen LogP) is 1.54. The largest absolute Gasteiger partial charge is 0.394 e. The minimum absolute atomic E-state index is 0. The first-order valence-corrected chi connectivity index (χ1v) is 4.34. The first-order chi connectivity index (χ1) is 6.58. The van der Waals surface area contributed by atoms with Gasteiger partial charge in [0.15, 0.2) is 0 Å². The Morgan fingerprint density at radius 3 is 2.67 bits per heavy atom. The van der Waals surface area contributed by atoms with Crippen LogP contribution in [-0.4, -0.2) is 9.97 Å². The summed E-state index contributed by atoms with van der Waals surface area (Å²) in [5, 5.41) is 0.896. The molecule has 80 valence electrons. The molecule has 0 fully saturated rings. The van der Waals surface area contributed by atoms with Gasteiger partial charge in [0.2, 0.25) is 0 Å². The van der Waals surface area contributed by atoms with Crippen LogP contribution in [0.5, 0.6) is 0 Å². The molecule has 0 unspecified atom stereocenters. The zero-order valence-electron chi connectivity index (χ0n) is 8.50. The van der Waals surface area contributed by atoms with E-state index in [1.807, 2.05) is 19.9 Å². The predicted molar refractivity (Wildman–Crippen MR) is 63.5 cm³/mol. The molecule has 0 radical (unpaired) electrons. The summed E-state index contributed by atoms with van der Waals surface area (Å²) in [6, 6.07) is 3.62. The van der Waals surface area contributed by atoms with Crippen molar-refractivity contribution in [1.82, 2.24) is 9.97 Å². The lowest BCUT2D eigenvalue weighted by atomic mass is 10.1. The van der Waals surface area contributed by atoms with Crippen LogP contribution < -0.4 is 11.3 Å². The maximum Gasteiger partial charge on any atom is 0.272 e. The van der Waals surface area contributed by atoms with Gasteiger partial charge in [0, 0.05) is 11.1 Å². The lowest BCUT2D eigenvalue weighted by molar-refractivity contribution is 1.17. The molecule has 2 heterocycles. The molecule has 3 N–H and O–H groups in total. The lowest BCUT2D eigenvalue weighted by Gasteiger charge is -2.03. The monoisotopic (exact) mass is 225 g/mol. The van der Waals surface area contributed by atoms with E-state index < -0.39 is 0 Å². The number of aryl methyl sites for hydroxylation is 2. The van der Waals surface area contributed by atoms with E-state index in [1.54, 1.807) is 6.07 Å². The van der Waals surface area contributed by atoms with E-state index in [9.17, 15) is 4.79 Å². The van der Waals surface area contributed by atoms with Gasteiger partial charge in [-0.25, -0.2) is 4.98 Å². The summed E-state index contributed by atoms with van der Waals surface area (Å²) in [4.78, 5) is 18.1. The average molecular weight is 226 g/mol. The molecule has 0 saturated heterocycles. The summed E-state index contributed by atoms with van der Waals surface area (Å²) in [7, 11) is 0. The second-order valence-electron chi connectivity index (χ2n) is 3.40. The van der Waals surface area contributed by atoms with Crippen LogP contribution in [0.3, 0.4) is 0 Å². The molecule has 4 nitrogen and oxygen atoms in total. The molecular weight excluding hydrogens is 214 g/mol. The first-order valence-electron chi connectivity index (χ1n) is 4.34. The molecule has 2 rings (SSSR count). The fourth-order valence-corrected chi connectivity index (χ4v) is 1.52. The number of H-pyrrole nitrogens is 1.